The van der Waals surface area contributed by atoms with E-state index in [-0.39, 0.29) is 12.1 Å². The minimum Gasteiger partial charge on any atom is -0.326 e. The summed E-state index contributed by atoms with van der Waals surface area (Å²) in [6, 6.07) is 8.53. The minimum absolute atomic E-state index is 0.0191. The van der Waals surface area contributed by atoms with Crippen LogP contribution in [0.4, 0.5) is 0 Å². The van der Waals surface area contributed by atoms with Gasteiger partial charge in [0.15, 0.2) is 5.82 Å². The fourth-order valence-corrected chi connectivity index (χ4v) is 2.45. The highest BCUT2D eigenvalue weighted by molar-refractivity contribution is 5.26. The highest BCUT2D eigenvalue weighted by Crippen LogP contribution is 2.23. The van der Waals surface area contributed by atoms with Crippen molar-refractivity contribution in [3.8, 4) is 0 Å². The lowest BCUT2D eigenvalue weighted by molar-refractivity contribution is 0.436. The highest BCUT2D eigenvalue weighted by Gasteiger charge is 2.22. The molecule has 4 heteroatoms. The van der Waals surface area contributed by atoms with Crippen molar-refractivity contribution in [2.24, 2.45) is 5.73 Å². The van der Waals surface area contributed by atoms with Crippen LogP contribution < -0.4 is 5.73 Å². The monoisotopic (exact) mass is 272 g/mol. The van der Waals surface area contributed by atoms with Crippen LogP contribution in [-0.4, -0.2) is 20.8 Å². The number of nitrogens with zero attached hydrogens (tertiary/aromatic N) is 3. The molecule has 0 amide bonds. The van der Waals surface area contributed by atoms with Crippen LogP contribution in [0.5, 0.6) is 0 Å². The zero-order valence-electron chi connectivity index (χ0n) is 12.8. The molecule has 0 aliphatic heterocycles. The number of hydrogen-bond acceptors (Lipinski definition) is 3. The number of nitrogens with two attached hydrogens (primary N) is 1. The van der Waals surface area contributed by atoms with Gasteiger partial charge in [-0.15, -0.1) is 0 Å². The number of benzene rings is 1. The van der Waals surface area contributed by atoms with E-state index in [4.69, 9.17) is 5.73 Å². The summed E-state index contributed by atoms with van der Waals surface area (Å²) in [5.41, 5.74) is 8.66. The molecule has 0 aliphatic rings. The summed E-state index contributed by atoms with van der Waals surface area (Å²) in [4.78, 5) is 4.59. The topological polar surface area (TPSA) is 56.7 Å². The van der Waals surface area contributed by atoms with E-state index >= 15 is 0 Å². The van der Waals surface area contributed by atoms with Crippen LogP contribution in [0.15, 0.2) is 24.3 Å². The van der Waals surface area contributed by atoms with Gasteiger partial charge in [0.1, 0.15) is 5.82 Å². The number of aromatic nitrogens is 3. The van der Waals surface area contributed by atoms with E-state index in [1.165, 1.54) is 11.1 Å². The fraction of sp³-hybridized carbons (Fsp3) is 0.500. The van der Waals surface area contributed by atoms with E-state index < -0.39 is 0 Å². The molecule has 108 valence electrons. The predicted molar refractivity (Wildman–Crippen MR) is 81.7 cm³/mol. The Morgan fingerprint density at radius 2 is 1.80 bits per heavy atom. The molecule has 0 spiro atoms. The Bertz CT molecular complexity index is 554. The predicted octanol–water partition coefficient (Wildman–Crippen LogP) is 2.65. The van der Waals surface area contributed by atoms with E-state index in [1.807, 2.05) is 11.6 Å². The molecule has 2 unspecified atom stereocenters. The molecule has 4 nitrogen and oxygen atoms in total. The SMILES string of the molecule is CCc1nc(CC)n(C(c2ccc(C)cc2)C(C)N)n1. The average molecular weight is 272 g/mol. The van der Waals surface area contributed by atoms with Crippen molar-refractivity contribution in [1.29, 1.82) is 0 Å². The molecule has 2 N–H and O–H groups in total. The van der Waals surface area contributed by atoms with Gasteiger partial charge in [-0.1, -0.05) is 43.7 Å². The van der Waals surface area contributed by atoms with E-state index in [0.29, 0.717) is 0 Å². The van der Waals surface area contributed by atoms with Gasteiger partial charge in [0, 0.05) is 18.9 Å². The lowest BCUT2D eigenvalue weighted by Gasteiger charge is -2.23. The Morgan fingerprint density at radius 3 is 2.30 bits per heavy atom. The van der Waals surface area contributed by atoms with Crippen molar-refractivity contribution < 1.29 is 0 Å². The summed E-state index contributed by atoms with van der Waals surface area (Å²) >= 11 is 0. The van der Waals surface area contributed by atoms with Crippen LogP contribution in [-0.2, 0) is 12.8 Å². The first-order valence-electron chi connectivity index (χ1n) is 7.33. The maximum Gasteiger partial charge on any atom is 0.150 e. The van der Waals surface area contributed by atoms with Crippen molar-refractivity contribution >= 4 is 0 Å². The second-order valence-electron chi connectivity index (χ2n) is 5.31. The molecule has 0 bridgehead atoms. The lowest BCUT2D eigenvalue weighted by atomic mass is 10.00. The van der Waals surface area contributed by atoms with Gasteiger partial charge in [0.05, 0.1) is 6.04 Å². The van der Waals surface area contributed by atoms with Gasteiger partial charge in [0.2, 0.25) is 0 Å². The molecule has 0 fully saturated rings. The molecule has 1 heterocycles. The third-order valence-electron chi connectivity index (χ3n) is 3.56. The maximum atomic E-state index is 6.22. The van der Waals surface area contributed by atoms with Gasteiger partial charge >= 0.3 is 0 Å². The van der Waals surface area contributed by atoms with E-state index in [9.17, 15) is 0 Å². The smallest absolute Gasteiger partial charge is 0.150 e. The molecule has 20 heavy (non-hydrogen) atoms. The second kappa shape index (κ2) is 6.18. The lowest BCUT2D eigenvalue weighted by Crippen LogP contribution is -2.32. The highest BCUT2D eigenvalue weighted by atomic mass is 15.4. The summed E-state index contributed by atoms with van der Waals surface area (Å²) in [6.45, 7) is 8.29. The Hall–Kier alpha value is -1.68. The Kier molecular flexibility index (Phi) is 4.55. The van der Waals surface area contributed by atoms with Crippen LogP contribution >= 0.6 is 0 Å². The summed E-state index contributed by atoms with van der Waals surface area (Å²) in [6.07, 6.45) is 1.71. The van der Waals surface area contributed by atoms with Crippen LogP contribution in [0.1, 0.15) is 49.6 Å². The Morgan fingerprint density at radius 1 is 1.15 bits per heavy atom. The van der Waals surface area contributed by atoms with E-state index in [1.54, 1.807) is 0 Å². The van der Waals surface area contributed by atoms with Crippen molar-refractivity contribution in [2.45, 2.75) is 52.6 Å². The Labute approximate surface area is 121 Å². The van der Waals surface area contributed by atoms with Crippen molar-refractivity contribution in [3.05, 3.63) is 47.0 Å². The largest absolute Gasteiger partial charge is 0.326 e. The summed E-state index contributed by atoms with van der Waals surface area (Å²) in [5.74, 6) is 1.89. The molecular weight excluding hydrogens is 248 g/mol. The first-order valence-corrected chi connectivity index (χ1v) is 7.33. The molecule has 0 saturated carbocycles. The third-order valence-corrected chi connectivity index (χ3v) is 3.56. The quantitative estimate of drug-likeness (QED) is 0.910. The number of rotatable bonds is 5. The summed E-state index contributed by atoms with van der Waals surface area (Å²) in [5, 5.41) is 4.65. The molecule has 1 aromatic carbocycles. The number of hydrogen-bond donors (Lipinski definition) is 1. The van der Waals surface area contributed by atoms with Crippen LogP contribution in [0, 0.1) is 6.92 Å². The molecule has 1 aromatic heterocycles. The second-order valence-corrected chi connectivity index (χ2v) is 5.31. The van der Waals surface area contributed by atoms with Gasteiger partial charge in [0.25, 0.3) is 0 Å². The molecule has 0 aliphatic carbocycles. The molecule has 2 rings (SSSR count). The number of aryl methyl sites for hydroxylation is 3. The first kappa shape index (κ1) is 14.7. The molecular formula is C16H24N4. The fourth-order valence-electron chi connectivity index (χ4n) is 2.45. The van der Waals surface area contributed by atoms with E-state index in [0.717, 1.165) is 24.5 Å². The van der Waals surface area contributed by atoms with Crippen molar-refractivity contribution in [3.63, 3.8) is 0 Å². The standard InChI is InChI=1S/C16H24N4/c1-5-14-18-15(6-2)20(19-14)16(12(4)17)13-9-7-11(3)8-10-13/h7-10,12,16H,5-6,17H2,1-4H3. The molecule has 2 aromatic rings. The Balaban J connectivity index is 2.48. The zero-order chi connectivity index (χ0) is 14.7. The van der Waals surface area contributed by atoms with Crippen molar-refractivity contribution in [2.75, 3.05) is 0 Å². The molecule has 0 radical (unpaired) electrons. The van der Waals surface area contributed by atoms with Crippen molar-refractivity contribution in [1.82, 2.24) is 14.8 Å². The maximum absolute atomic E-state index is 6.22. The minimum atomic E-state index is -0.0191. The third kappa shape index (κ3) is 2.90. The molecule has 2 atom stereocenters. The summed E-state index contributed by atoms with van der Waals surface area (Å²) in [7, 11) is 0. The van der Waals surface area contributed by atoms with E-state index in [2.05, 4.69) is 55.1 Å². The first-order chi connectivity index (χ1) is 9.56. The van der Waals surface area contributed by atoms with Crippen LogP contribution in [0.3, 0.4) is 0 Å². The van der Waals surface area contributed by atoms with Gasteiger partial charge in [-0.3, -0.25) is 0 Å². The average Bonchev–Trinajstić information content (AvgIpc) is 2.84. The van der Waals surface area contributed by atoms with Crippen LogP contribution in [0.2, 0.25) is 0 Å². The normalized spacial score (nSPS) is 14.2. The van der Waals surface area contributed by atoms with Gasteiger partial charge < -0.3 is 5.73 Å². The molecule has 0 saturated heterocycles. The zero-order valence-corrected chi connectivity index (χ0v) is 12.8. The summed E-state index contributed by atoms with van der Waals surface area (Å²) < 4.78 is 2.01. The van der Waals surface area contributed by atoms with Gasteiger partial charge in [-0.2, -0.15) is 5.10 Å². The van der Waals surface area contributed by atoms with Gasteiger partial charge in [-0.25, -0.2) is 9.67 Å². The van der Waals surface area contributed by atoms with Gasteiger partial charge in [-0.05, 0) is 19.4 Å². The van der Waals surface area contributed by atoms with Crippen LogP contribution in [0.25, 0.3) is 0 Å².